The van der Waals surface area contributed by atoms with Gasteiger partial charge in [-0.1, -0.05) is 212 Å². The molecule has 0 saturated heterocycles. The zero-order valence-electron chi connectivity index (χ0n) is 34.0. The van der Waals surface area contributed by atoms with Gasteiger partial charge in [0.2, 0.25) is 0 Å². The van der Waals surface area contributed by atoms with Crippen molar-refractivity contribution >= 4 is 33.4 Å². The van der Waals surface area contributed by atoms with Gasteiger partial charge in [0, 0.05) is 44.7 Å². The molecule has 0 fully saturated rings. The van der Waals surface area contributed by atoms with Crippen LogP contribution in [0.1, 0.15) is 0 Å². The summed E-state index contributed by atoms with van der Waals surface area (Å²) in [5.41, 5.74) is 18.0. The van der Waals surface area contributed by atoms with E-state index in [2.05, 4.69) is 258 Å². The lowest BCUT2D eigenvalue weighted by atomic mass is 9.90. The number of rotatable bonds is 9. The van der Waals surface area contributed by atoms with Gasteiger partial charge in [0.1, 0.15) is 5.69 Å². The average molecular weight is 792 g/mol. The van der Waals surface area contributed by atoms with Gasteiger partial charge in [-0.05, 0) is 75.2 Å². The van der Waals surface area contributed by atoms with Gasteiger partial charge in [-0.25, -0.2) is 4.52 Å². The van der Waals surface area contributed by atoms with Gasteiger partial charge >= 0.3 is 0 Å². The van der Waals surface area contributed by atoms with Gasteiger partial charge in [0.25, 0.3) is 0 Å². The molecule has 2 heterocycles. The minimum atomic E-state index is 0.965. The molecule has 0 unspecified atom stereocenters. The second-order valence-corrected chi connectivity index (χ2v) is 15.6. The first-order valence-electron chi connectivity index (χ1n) is 21.1. The number of hydrogen-bond donors (Lipinski definition) is 0. The zero-order valence-corrected chi connectivity index (χ0v) is 34.0. The highest BCUT2D eigenvalue weighted by Crippen LogP contribution is 2.46. The Kier molecular flexibility index (Phi) is 9.53. The molecule has 0 aliphatic carbocycles. The van der Waals surface area contributed by atoms with Crippen LogP contribution in [0.4, 0.5) is 17.1 Å². The summed E-state index contributed by atoms with van der Waals surface area (Å²) in [6, 6.07) is 88.7. The third kappa shape index (κ3) is 6.72. The highest BCUT2D eigenvalue weighted by molar-refractivity contribution is 6.15. The number of hydrogen-bond acceptors (Lipinski definition) is 2. The number of para-hydroxylation sites is 2. The van der Waals surface area contributed by atoms with Crippen molar-refractivity contribution in [3.8, 4) is 67.0 Å². The van der Waals surface area contributed by atoms with Crippen molar-refractivity contribution in [1.82, 2.24) is 9.61 Å². The summed E-state index contributed by atoms with van der Waals surface area (Å²) in [4.78, 5) is 2.29. The fourth-order valence-electron chi connectivity index (χ4n) is 8.89. The van der Waals surface area contributed by atoms with Crippen LogP contribution < -0.4 is 4.90 Å². The Morgan fingerprint density at radius 1 is 0.274 bits per heavy atom. The van der Waals surface area contributed by atoms with Gasteiger partial charge in [0.05, 0.1) is 11.2 Å². The van der Waals surface area contributed by atoms with Crippen LogP contribution in [0.25, 0.3) is 83.3 Å². The largest absolute Gasteiger partial charge is 0.311 e. The molecular formula is C59H41N3. The molecule has 0 radical (unpaired) electrons. The van der Waals surface area contributed by atoms with Gasteiger partial charge < -0.3 is 4.90 Å². The fraction of sp³-hybridized carbons (Fsp3) is 0. The molecular weight excluding hydrogens is 751 g/mol. The van der Waals surface area contributed by atoms with Gasteiger partial charge in [-0.3, -0.25) is 0 Å². The fourth-order valence-corrected chi connectivity index (χ4v) is 8.89. The number of benzene rings is 9. The highest BCUT2D eigenvalue weighted by atomic mass is 15.2. The second kappa shape index (κ2) is 16.1. The molecule has 0 N–H and O–H groups in total. The molecule has 9 aromatic carbocycles. The van der Waals surface area contributed by atoms with Crippen LogP contribution in [-0.2, 0) is 0 Å². The van der Waals surface area contributed by atoms with Crippen LogP contribution in [0.15, 0.2) is 249 Å². The maximum Gasteiger partial charge on any atom is 0.101 e. The molecule has 0 amide bonds. The molecule has 0 atom stereocenters. The number of fused-ring (bicyclic) bond motifs is 3. The van der Waals surface area contributed by atoms with Gasteiger partial charge in [-0.15, -0.1) is 0 Å². The van der Waals surface area contributed by atoms with E-state index in [1.165, 1.54) is 27.6 Å². The SMILES string of the molecule is c1ccc(-c2nn3c(-c4ccccc4)c(-c4ccc(-c5ccc(-c6ccc(N(c7ccccc7)c7ccccc7)cc6)cc5)cc4)c4ccccc4c3c2-c2ccccc2)cc1. The summed E-state index contributed by atoms with van der Waals surface area (Å²) in [5.74, 6) is 0. The van der Waals surface area contributed by atoms with E-state index in [9.17, 15) is 0 Å². The summed E-state index contributed by atoms with van der Waals surface area (Å²) in [7, 11) is 0. The molecule has 0 saturated carbocycles. The predicted octanol–water partition coefficient (Wildman–Crippen LogP) is 16.0. The minimum Gasteiger partial charge on any atom is -0.311 e. The quantitative estimate of drug-likeness (QED) is 0.145. The van der Waals surface area contributed by atoms with Gasteiger partial charge in [-0.2, -0.15) is 5.10 Å². The molecule has 3 nitrogen and oxygen atoms in total. The van der Waals surface area contributed by atoms with E-state index in [1.54, 1.807) is 0 Å². The van der Waals surface area contributed by atoms with E-state index in [0.29, 0.717) is 0 Å². The lowest BCUT2D eigenvalue weighted by molar-refractivity contribution is 0.981. The zero-order chi connectivity index (χ0) is 41.2. The Bertz CT molecular complexity index is 3230. The molecule has 11 rings (SSSR count). The summed E-state index contributed by atoms with van der Waals surface area (Å²) >= 11 is 0. The molecule has 3 heteroatoms. The Labute approximate surface area is 362 Å². The molecule has 11 aromatic rings. The van der Waals surface area contributed by atoms with E-state index >= 15 is 0 Å². The van der Waals surface area contributed by atoms with E-state index in [0.717, 1.165) is 72.7 Å². The first-order valence-corrected chi connectivity index (χ1v) is 21.1. The van der Waals surface area contributed by atoms with Crippen LogP contribution in [0, 0.1) is 0 Å². The summed E-state index contributed by atoms with van der Waals surface area (Å²) < 4.78 is 2.21. The van der Waals surface area contributed by atoms with Crippen LogP contribution in [0.2, 0.25) is 0 Å². The molecule has 0 aliphatic rings. The van der Waals surface area contributed by atoms with Crippen molar-refractivity contribution in [3.63, 3.8) is 0 Å². The molecule has 62 heavy (non-hydrogen) atoms. The standard InChI is InChI=1S/C59H41N3/c1-6-18-46(19-7-1)56-57(48-20-8-2-9-21-48)60-62-58(49-22-10-3-11-23-49)55(53-28-16-17-29-54(53)59(56)62)47-36-34-44(35-37-47)42-30-32-43(33-31-42)45-38-40-52(41-39-45)61(50-24-12-4-13-25-50)51-26-14-5-15-27-51/h1-41H. The number of nitrogens with zero attached hydrogens (tertiary/aromatic N) is 3. The monoisotopic (exact) mass is 791 g/mol. The van der Waals surface area contributed by atoms with Crippen molar-refractivity contribution in [3.05, 3.63) is 249 Å². The molecule has 0 bridgehead atoms. The Hall–Kier alpha value is -8.27. The number of anilines is 3. The highest BCUT2D eigenvalue weighted by Gasteiger charge is 2.25. The Morgan fingerprint density at radius 3 is 1.13 bits per heavy atom. The van der Waals surface area contributed by atoms with Crippen molar-refractivity contribution < 1.29 is 0 Å². The third-order valence-corrected chi connectivity index (χ3v) is 11.8. The van der Waals surface area contributed by atoms with Crippen molar-refractivity contribution in [1.29, 1.82) is 0 Å². The normalized spacial score (nSPS) is 11.2. The smallest absolute Gasteiger partial charge is 0.101 e. The minimum absolute atomic E-state index is 0.965. The lowest BCUT2D eigenvalue weighted by Gasteiger charge is -2.25. The van der Waals surface area contributed by atoms with E-state index in [1.807, 2.05) is 0 Å². The maximum absolute atomic E-state index is 5.53. The molecule has 292 valence electrons. The summed E-state index contributed by atoms with van der Waals surface area (Å²) in [6.07, 6.45) is 0. The second-order valence-electron chi connectivity index (χ2n) is 15.6. The number of pyridine rings is 1. The van der Waals surface area contributed by atoms with E-state index < -0.39 is 0 Å². The van der Waals surface area contributed by atoms with Gasteiger partial charge in [0.15, 0.2) is 0 Å². The molecule has 0 aliphatic heterocycles. The average Bonchev–Trinajstić information content (AvgIpc) is 3.76. The van der Waals surface area contributed by atoms with E-state index in [-0.39, 0.29) is 0 Å². The first kappa shape index (κ1) is 36.8. The maximum atomic E-state index is 5.53. The molecule has 0 spiro atoms. The molecule has 2 aromatic heterocycles. The van der Waals surface area contributed by atoms with Crippen LogP contribution in [-0.4, -0.2) is 9.61 Å². The lowest BCUT2D eigenvalue weighted by Crippen LogP contribution is -2.09. The topological polar surface area (TPSA) is 20.5 Å². The summed E-state index contributed by atoms with van der Waals surface area (Å²) in [5, 5.41) is 7.88. The van der Waals surface area contributed by atoms with Crippen LogP contribution in [0.3, 0.4) is 0 Å². The predicted molar refractivity (Wildman–Crippen MR) is 260 cm³/mol. The Balaban J connectivity index is 0.981. The van der Waals surface area contributed by atoms with Crippen molar-refractivity contribution in [2.75, 3.05) is 4.90 Å². The number of aromatic nitrogens is 2. The van der Waals surface area contributed by atoms with Crippen LogP contribution in [0.5, 0.6) is 0 Å². The summed E-state index contributed by atoms with van der Waals surface area (Å²) in [6.45, 7) is 0. The Morgan fingerprint density at radius 2 is 0.629 bits per heavy atom. The first-order chi connectivity index (χ1) is 30.8. The van der Waals surface area contributed by atoms with Crippen molar-refractivity contribution in [2.24, 2.45) is 0 Å². The van der Waals surface area contributed by atoms with Crippen LogP contribution >= 0.6 is 0 Å². The third-order valence-electron chi connectivity index (χ3n) is 11.8. The van der Waals surface area contributed by atoms with Crippen molar-refractivity contribution in [2.45, 2.75) is 0 Å². The van der Waals surface area contributed by atoms with E-state index in [4.69, 9.17) is 5.10 Å².